The zero-order chi connectivity index (χ0) is 36.4. The standard InChI is InChI=1S/C34H37F6N5O5/c1-4-23-16-26(25-17-24(49-3)6-7-28(25)45(23)32(48)50-5-2)42-31-41-18-29(44-10-8-20(9-11-44)30(46)47)27(43-31)14-19-12-21(33(35,36)37)15-22(13-19)34(38,39)40/h6-7,12-13,15,17-18,20,23,26H,4-5,8-11,14,16H2,1-3H3,(H,46,47)(H,41,42,43)/t23-,26+/m1/s1. The van der Waals surface area contributed by atoms with Gasteiger partial charge in [-0.25, -0.2) is 14.8 Å². The molecule has 1 saturated heterocycles. The van der Waals surface area contributed by atoms with Crippen molar-refractivity contribution in [1.82, 2.24) is 9.97 Å². The second-order valence-corrected chi connectivity index (χ2v) is 12.2. The predicted octanol–water partition coefficient (Wildman–Crippen LogP) is 7.71. The summed E-state index contributed by atoms with van der Waals surface area (Å²) in [7, 11) is 1.50. The molecule has 0 aliphatic carbocycles. The second kappa shape index (κ2) is 14.6. The van der Waals surface area contributed by atoms with Crippen molar-refractivity contribution in [3.8, 4) is 5.75 Å². The topological polar surface area (TPSA) is 117 Å². The molecule has 3 heterocycles. The van der Waals surface area contributed by atoms with Crippen LogP contribution in [0.15, 0.2) is 42.6 Å². The molecule has 50 heavy (non-hydrogen) atoms. The van der Waals surface area contributed by atoms with Crippen LogP contribution in [-0.2, 0) is 28.3 Å². The number of carbonyl (C=O) groups excluding carboxylic acids is 1. The van der Waals surface area contributed by atoms with E-state index in [1.165, 1.54) is 13.3 Å². The van der Waals surface area contributed by atoms with Crippen molar-refractivity contribution in [3.63, 3.8) is 0 Å². The quantitative estimate of drug-likeness (QED) is 0.216. The lowest BCUT2D eigenvalue weighted by molar-refractivity contribution is -0.144. The molecule has 10 nitrogen and oxygen atoms in total. The van der Waals surface area contributed by atoms with Crippen LogP contribution < -0.4 is 19.9 Å². The summed E-state index contributed by atoms with van der Waals surface area (Å²) >= 11 is 0. The molecule has 2 aliphatic rings. The molecule has 0 spiro atoms. The molecule has 0 bridgehead atoms. The number of aromatic nitrogens is 2. The number of nitrogens with zero attached hydrogens (tertiary/aromatic N) is 4. The molecular weight excluding hydrogens is 672 g/mol. The molecule has 0 saturated carbocycles. The van der Waals surface area contributed by atoms with Gasteiger partial charge in [-0.2, -0.15) is 26.3 Å². The Bertz CT molecular complexity index is 1680. The summed E-state index contributed by atoms with van der Waals surface area (Å²) < 4.78 is 93.1. The van der Waals surface area contributed by atoms with Gasteiger partial charge in [-0.15, -0.1) is 0 Å². The largest absolute Gasteiger partial charge is 0.497 e. The number of carboxylic acid groups (broad SMARTS) is 1. The number of carboxylic acids is 1. The van der Waals surface area contributed by atoms with Gasteiger partial charge >= 0.3 is 24.4 Å². The highest BCUT2D eigenvalue weighted by atomic mass is 19.4. The van der Waals surface area contributed by atoms with E-state index in [0.29, 0.717) is 47.7 Å². The van der Waals surface area contributed by atoms with Gasteiger partial charge in [-0.3, -0.25) is 9.69 Å². The average Bonchev–Trinajstić information content (AvgIpc) is 3.07. The Balaban J connectivity index is 1.56. The lowest BCUT2D eigenvalue weighted by Gasteiger charge is -2.40. The number of hydrogen-bond acceptors (Lipinski definition) is 8. The number of anilines is 3. The van der Waals surface area contributed by atoms with Gasteiger partial charge in [-0.05, 0) is 74.6 Å². The molecule has 270 valence electrons. The number of aliphatic carboxylic acids is 1. The van der Waals surface area contributed by atoms with Crippen molar-refractivity contribution < 1.29 is 50.5 Å². The van der Waals surface area contributed by atoms with Gasteiger partial charge in [0.15, 0.2) is 0 Å². The minimum absolute atomic E-state index is 0.0606. The number of ether oxygens (including phenoxy) is 2. The van der Waals surface area contributed by atoms with E-state index in [-0.39, 0.29) is 61.9 Å². The molecule has 16 heteroatoms. The number of alkyl halides is 6. The SMILES string of the molecule is CCOC(=O)N1c2ccc(OC)cc2[C@@H](Nc2ncc(N3CCC(C(=O)O)CC3)c(Cc3cc(C(F)(F)F)cc(C(F)(F)F)c3)n2)C[C@H]1CC. The number of amides is 1. The van der Waals surface area contributed by atoms with Crippen LogP contribution in [0.2, 0.25) is 0 Å². The van der Waals surface area contributed by atoms with Crippen LogP contribution in [0.3, 0.4) is 0 Å². The molecular formula is C34H37F6N5O5. The summed E-state index contributed by atoms with van der Waals surface area (Å²) in [6.07, 6.45) is -8.00. The second-order valence-electron chi connectivity index (χ2n) is 12.2. The van der Waals surface area contributed by atoms with E-state index >= 15 is 0 Å². The van der Waals surface area contributed by atoms with E-state index in [2.05, 4.69) is 15.3 Å². The fourth-order valence-corrected chi connectivity index (χ4v) is 6.50. The van der Waals surface area contributed by atoms with Gasteiger partial charge in [-0.1, -0.05) is 6.92 Å². The van der Waals surface area contributed by atoms with Gasteiger partial charge in [0.1, 0.15) is 5.75 Å². The van der Waals surface area contributed by atoms with Crippen LogP contribution >= 0.6 is 0 Å². The zero-order valence-electron chi connectivity index (χ0n) is 27.6. The van der Waals surface area contributed by atoms with Crippen LogP contribution in [0.5, 0.6) is 5.75 Å². The van der Waals surface area contributed by atoms with Gasteiger partial charge < -0.3 is 24.8 Å². The van der Waals surface area contributed by atoms with Crippen LogP contribution in [0.1, 0.15) is 73.5 Å². The number of rotatable bonds is 9. The van der Waals surface area contributed by atoms with E-state index in [1.807, 2.05) is 6.92 Å². The normalized spacial score (nSPS) is 18.4. The summed E-state index contributed by atoms with van der Waals surface area (Å²) in [5, 5.41) is 12.7. The predicted molar refractivity (Wildman–Crippen MR) is 171 cm³/mol. The molecule has 1 aromatic heterocycles. The van der Waals surface area contributed by atoms with E-state index in [0.717, 1.165) is 0 Å². The fraction of sp³-hybridized carbons (Fsp3) is 0.471. The first-order valence-corrected chi connectivity index (χ1v) is 16.1. The molecule has 1 fully saturated rings. The monoisotopic (exact) mass is 709 g/mol. The Labute approximate surface area is 284 Å². The van der Waals surface area contributed by atoms with Crippen LogP contribution in [0.4, 0.5) is 48.5 Å². The maximum atomic E-state index is 13.7. The number of halogens is 6. The Kier molecular flexibility index (Phi) is 10.7. The van der Waals surface area contributed by atoms with Crippen molar-refractivity contribution in [2.75, 3.05) is 41.9 Å². The van der Waals surface area contributed by atoms with E-state index in [4.69, 9.17) is 9.47 Å². The number of piperidine rings is 1. The molecule has 2 N–H and O–H groups in total. The number of nitrogens with one attached hydrogen (secondary N) is 1. The molecule has 0 radical (unpaired) electrons. The number of benzene rings is 2. The van der Waals surface area contributed by atoms with Crippen molar-refractivity contribution >= 4 is 29.4 Å². The van der Waals surface area contributed by atoms with E-state index < -0.39 is 53.9 Å². The van der Waals surface area contributed by atoms with Crippen molar-refractivity contribution in [3.05, 3.63) is 70.5 Å². The average molecular weight is 710 g/mol. The third-order valence-corrected chi connectivity index (χ3v) is 9.03. The molecule has 1 amide bonds. The maximum absolute atomic E-state index is 13.7. The van der Waals surface area contributed by atoms with Crippen LogP contribution in [0, 0.1) is 5.92 Å². The van der Waals surface area contributed by atoms with Gasteiger partial charge in [0.25, 0.3) is 0 Å². The van der Waals surface area contributed by atoms with Crippen LogP contribution in [-0.4, -0.2) is 60.0 Å². The first-order valence-electron chi connectivity index (χ1n) is 16.1. The Hall–Kier alpha value is -4.76. The summed E-state index contributed by atoms with van der Waals surface area (Å²) in [6, 6.07) is 5.85. The highest BCUT2D eigenvalue weighted by Gasteiger charge is 2.39. The number of carbonyl (C=O) groups is 2. The number of hydrogen-bond donors (Lipinski definition) is 2. The van der Waals surface area contributed by atoms with Crippen molar-refractivity contribution in [2.45, 2.75) is 70.4 Å². The van der Waals surface area contributed by atoms with Gasteiger partial charge in [0.05, 0.1) is 60.1 Å². The summed E-state index contributed by atoms with van der Waals surface area (Å²) in [5.74, 6) is -0.953. The highest BCUT2D eigenvalue weighted by Crippen LogP contribution is 2.42. The Morgan fingerprint density at radius 2 is 1.64 bits per heavy atom. The number of fused-ring (bicyclic) bond motifs is 1. The minimum atomic E-state index is -5.03. The summed E-state index contributed by atoms with van der Waals surface area (Å²) in [4.78, 5) is 37.1. The third kappa shape index (κ3) is 7.99. The zero-order valence-corrected chi connectivity index (χ0v) is 27.6. The fourth-order valence-electron chi connectivity index (χ4n) is 6.50. The summed E-state index contributed by atoms with van der Waals surface area (Å²) in [5.41, 5.74) is -1.38. The molecule has 0 unspecified atom stereocenters. The third-order valence-electron chi connectivity index (χ3n) is 9.03. The van der Waals surface area contributed by atoms with Crippen molar-refractivity contribution in [2.24, 2.45) is 5.92 Å². The van der Waals surface area contributed by atoms with Crippen LogP contribution in [0.25, 0.3) is 0 Å². The first kappa shape index (κ1) is 36.5. The first-order chi connectivity index (χ1) is 23.6. The summed E-state index contributed by atoms with van der Waals surface area (Å²) in [6.45, 7) is 4.34. The smallest absolute Gasteiger partial charge is 0.416 e. The Morgan fingerprint density at radius 3 is 2.20 bits per heavy atom. The minimum Gasteiger partial charge on any atom is -0.497 e. The molecule has 2 atom stereocenters. The molecule has 3 aromatic rings. The maximum Gasteiger partial charge on any atom is 0.416 e. The van der Waals surface area contributed by atoms with Gasteiger partial charge in [0.2, 0.25) is 5.95 Å². The Morgan fingerprint density at radius 1 is 0.980 bits per heavy atom. The van der Waals surface area contributed by atoms with Gasteiger partial charge in [0, 0.05) is 31.1 Å². The van der Waals surface area contributed by atoms with Crippen molar-refractivity contribution in [1.29, 1.82) is 0 Å². The number of methoxy groups -OCH3 is 1. The molecule has 2 aliphatic heterocycles. The molecule has 2 aromatic carbocycles. The highest BCUT2D eigenvalue weighted by molar-refractivity contribution is 5.90. The lowest BCUT2D eigenvalue weighted by Crippen LogP contribution is -2.46. The van der Waals surface area contributed by atoms with E-state index in [9.17, 15) is 41.0 Å². The lowest BCUT2D eigenvalue weighted by atomic mass is 9.90. The van der Waals surface area contributed by atoms with E-state index in [1.54, 1.807) is 34.9 Å². The molecule has 5 rings (SSSR count).